The third-order valence-electron chi connectivity index (χ3n) is 4.93. The molecule has 2 aromatic carbocycles. The van der Waals surface area contributed by atoms with Crippen LogP contribution in [0.5, 0.6) is 0 Å². The monoisotopic (exact) mass is 311 g/mol. The molecule has 0 heterocycles. The van der Waals surface area contributed by atoms with Gasteiger partial charge in [-0.25, -0.2) is 4.39 Å². The van der Waals surface area contributed by atoms with Crippen LogP contribution in [-0.4, -0.2) is 17.1 Å². The van der Waals surface area contributed by atoms with Crippen molar-refractivity contribution in [3.63, 3.8) is 0 Å². The van der Waals surface area contributed by atoms with Crippen molar-refractivity contribution in [2.24, 2.45) is 5.92 Å². The van der Waals surface area contributed by atoms with Gasteiger partial charge in [0, 0.05) is 12.3 Å². The lowest BCUT2D eigenvalue weighted by atomic mass is 10.1. The third-order valence-corrected chi connectivity index (χ3v) is 4.93. The van der Waals surface area contributed by atoms with Gasteiger partial charge in [0.05, 0.1) is 12.1 Å². The molecule has 0 radical (unpaired) electrons. The molecule has 118 valence electrons. The van der Waals surface area contributed by atoms with Crippen molar-refractivity contribution in [3.05, 3.63) is 71.0 Å². The summed E-state index contributed by atoms with van der Waals surface area (Å²) in [5.41, 5.74) is 3.10. The highest BCUT2D eigenvalue weighted by Crippen LogP contribution is 2.48. The van der Waals surface area contributed by atoms with Gasteiger partial charge in [-0.1, -0.05) is 36.4 Å². The van der Waals surface area contributed by atoms with E-state index in [2.05, 4.69) is 5.32 Å². The average molecular weight is 311 g/mol. The quantitative estimate of drug-likeness (QED) is 0.915. The Morgan fingerprint density at radius 2 is 1.87 bits per heavy atom. The number of amides is 1. The second-order valence-corrected chi connectivity index (χ2v) is 6.46. The van der Waals surface area contributed by atoms with Crippen molar-refractivity contribution in [1.29, 1.82) is 0 Å². The van der Waals surface area contributed by atoms with E-state index in [1.807, 2.05) is 24.3 Å². The molecule has 2 aliphatic rings. The zero-order valence-electron chi connectivity index (χ0n) is 12.6. The number of hydrogen-bond donors (Lipinski definition) is 2. The number of fused-ring (bicyclic) bond motifs is 1. The number of carbonyl (C=O) groups excluding carboxylic acids is 1. The van der Waals surface area contributed by atoms with Gasteiger partial charge < -0.3 is 10.4 Å². The van der Waals surface area contributed by atoms with E-state index in [9.17, 15) is 14.3 Å². The maximum atomic E-state index is 13.0. The molecule has 3 nitrogen and oxygen atoms in total. The maximum Gasteiger partial charge on any atom is 0.224 e. The van der Waals surface area contributed by atoms with Crippen LogP contribution < -0.4 is 5.32 Å². The number of halogens is 1. The van der Waals surface area contributed by atoms with Crippen LogP contribution in [0.25, 0.3) is 0 Å². The van der Waals surface area contributed by atoms with Crippen molar-refractivity contribution < 1.29 is 14.3 Å². The lowest BCUT2D eigenvalue weighted by molar-refractivity contribution is -0.123. The van der Waals surface area contributed by atoms with E-state index in [-0.39, 0.29) is 29.6 Å². The predicted octanol–water partition coefficient (Wildman–Crippen LogP) is 2.70. The predicted molar refractivity (Wildman–Crippen MR) is 84.3 cm³/mol. The zero-order chi connectivity index (χ0) is 16.0. The first-order valence-electron chi connectivity index (χ1n) is 7.95. The van der Waals surface area contributed by atoms with E-state index in [1.165, 1.54) is 12.1 Å². The molecule has 2 aromatic rings. The van der Waals surface area contributed by atoms with Crippen molar-refractivity contribution in [2.45, 2.75) is 30.9 Å². The van der Waals surface area contributed by atoms with E-state index in [0.29, 0.717) is 6.42 Å². The summed E-state index contributed by atoms with van der Waals surface area (Å²) in [6, 6.07) is 13.8. The number of rotatable bonds is 3. The molecule has 1 amide bonds. The summed E-state index contributed by atoms with van der Waals surface area (Å²) < 4.78 is 13.0. The van der Waals surface area contributed by atoms with E-state index in [1.54, 1.807) is 12.1 Å². The van der Waals surface area contributed by atoms with Gasteiger partial charge >= 0.3 is 0 Å². The fraction of sp³-hybridized carbons (Fsp3) is 0.316. The van der Waals surface area contributed by atoms with E-state index < -0.39 is 6.10 Å². The molecule has 2 N–H and O–H groups in total. The molecule has 0 aromatic heterocycles. The number of hydrogen-bond acceptors (Lipinski definition) is 2. The van der Waals surface area contributed by atoms with Gasteiger partial charge in [0.2, 0.25) is 5.91 Å². The summed E-state index contributed by atoms with van der Waals surface area (Å²) in [4.78, 5) is 12.5. The van der Waals surface area contributed by atoms with Crippen molar-refractivity contribution in [2.75, 3.05) is 0 Å². The highest BCUT2D eigenvalue weighted by molar-refractivity contribution is 5.83. The molecule has 4 rings (SSSR count). The Morgan fingerprint density at radius 3 is 2.65 bits per heavy atom. The average Bonchev–Trinajstić information content (AvgIpc) is 3.28. The molecular weight excluding hydrogens is 293 g/mol. The van der Waals surface area contributed by atoms with Crippen molar-refractivity contribution in [1.82, 2.24) is 5.32 Å². The molecule has 4 atom stereocenters. The van der Waals surface area contributed by atoms with Gasteiger partial charge in [-0.05, 0) is 41.2 Å². The molecular formula is C19H18FNO2. The molecule has 0 aliphatic heterocycles. The molecule has 4 heteroatoms. The molecule has 1 saturated carbocycles. The van der Waals surface area contributed by atoms with Crippen LogP contribution >= 0.6 is 0 Å². The van der Waals surface area contributed by atoms with Crippen LogP contribution in [0, 0.1) is 11.7 Å². The van der Waals surface area contributed by atoms with E-state index >= 15 is 0 Å². The number of aliphatic hydroxyl groups excluding tert-OH is 1. The SMILES string of the molecule is O=C(N[C@@H]1c2ccccc2C[C@@H]1O)C1CC1c1ccc(F)cc1. The van der Waals surface area contributed by atoms with Gasteiger partial charge in [0.15, 0.2) is 0 Å². The normalized spacial score (nSPS) is 28.3. The van der Waals surface area contributed by atoms with E-state index in [4.69, 9.17) is 0 Å². The molecule has 23 heavy (non-hydrogen) atoms. The lowest BCUT2D eigenvalue weighted by Crippen LogP contribution is -2.35. The summed E-state index contributed by atoms with van der Waals surface area (Å²) in [7, 11) is 0. The Morgan fingerprint density at radius 1 is 1.13 bits per heavy atom. The van der Waals surface area contributed by atoms with Crippen molar-refractivity contribution in [3.8, 4) is 0 Å². The molecule has 0 spiro atoms. The van der Waals surface area contributed by atoms with Gasteiger partial charge in [-0.2, -0.15) is 0 Å². The fourth-order valence-corrected chi connectivity index (χ4v) is 3.57. The minimum Gasteiger partial charge on any atom is -0.390 e. The van der Waals surface area contributed by atoms with Crippen LogP contribution in [0.2, 0.25) is 0 Å². The summed E-state index contributed by atoms with van der Waals surface area (Å²) in [6.07, 6.45) is 0.786. The maximum absolute atomic E-state index is 13.0. The number of benzene rings is 2. The van der Waals surface area contributed by atoms with Crippen LogP contribution in [0.3, 0.4) is 0 Å². The van der Waals surface area contributed by atoms with Crippen LogP contribution in [-0.2, 0) is 11.2 Å². The Hall–Kier alpha value is -2.20. The van der Waals surface area contributed by atoms with Gasteiger partial charge in [-0.15, -0.1) is 0 Å². The second kappa shape index (κ2) is 5.46. The number of nitrogens with one attached hydrogen (secondary N) is 1. The minimum absolute atomic E-state index is 0.0277. The molecule has 0 saturated heterocycles. The first kappa shape index (κ1) is 14.4. The summed E-state index contributed by atoms with van der Waals surface area (Å²) in [5.74, 6) is -0.217. The summed E-state index contributed by atoms with van der Waals surface area (Å²) in [5, 5.41) is 13.2. The highest BCUT2D eigenvalue weighted by atomic mass is 19.1. The third kappa shape index (κ3) is 2.63. The van der Waals surface area contributed by atoms with Gasteiger partial charge in [0.25, 0.3) is 0 Å². The molecule has 2 aliphatic carbocycles. The fourth-order valence-electron chi connectivity index (χ4n) is 3.57. The summed E-state index contributed by atoms with van der Waals surface area (Å²) >= 11 is 0. The highest BCUT2D eigenvalue weighted by Gasteiger charge is 2.45. The van der Waals surface area contributed by atoms with Crippen LogP contribution in [0.4, 0.5) is 4.39 Å². The number of carbonyl (C=O) groups is 1. The minimum atomic E-state index is -0.570. The topological polar surface area (TPSA) is 49.3 Å². The standard InChI is InChI=1S/C19H18FNO2/c20-13-7-5-11(6-8-13)15-10-16(15)19(23)21-18-14-4-2-1-3-12(14)9-17(18)22/h1-8,15-18,22H,9-10H2,(H,21,23)/t15?,16?,17-,18+/m0/s1. The van der Waals surface area contributed by atoms with Gasteiger partial charge in [0.1, 0.15) is 5.82 Å². The van der Waals surface area contributed by atoms with Crippen molar-refractivity contribution >= 4 is 5.91 Å². The first-order chi connectivity index (χ1) is 11.1. The summed E-state index contributed by atoms with van der Waals surface area (Å²) in [6.45, 7) is 0. The van der Waals surface area contributed by atoms with E-state index in [0.717, 1.165) is 23.1 Å². The Bertz CT molecular complexity index is 743. The second-order valence-electron chi connectivity index (χ2n) is 6.46. The largest absolute Gasteiger partial charge is 0.390 e. The van der Waals surface area contributed by atoms with Crippen LogP contribution in [0.15, 0.2) is 48.5 Å². The molecule has 1 fully saturated rings. The zero-order valence-corrected chi connectivity index (χ0v) is 12.6. The molecule has 2 unspecified atom stereocenters. The Labute approximate surface area is 134 Å². The Kier molecular flexibility index (Phi) is 3.42. The molecule has 0 bridgehead atoms. The smallest absolute Gasteiger partial charge is 0.224 e. The van der Waals surface area contributed by atoms with Crippen LogP contribution in [0.1, 0.15) is 35.1 Å². The van der Waals surface area contributed by atoms with Gasteiger partial charge in [-0.3, -0.25) is 4.79 Å². The first-order valence-corrected chi connectivity index (χ1v) is 7.95. The number of aliphatic hydroxyl groups is 1. The lowest BCUT2D eigenvalue weighted by Gasteiger charge is -2.18. The Balaban J connectivity index is 1.44.